The first-order chi connectivity index (χ1) is 19.7. The second kappa shape index (κ2) is 12.0. The number of quaternary nitrogens is 1. The van der Waals surface area contributed by atoms with E-state index in [-0.39, 0.29) is 5.91 Å². The predicted octanol–water partition coefficient (Wildman–Crippen LogP) is 5.47. The molecule has 2 atom stereocenters. The number of pyridine rings is 1. The summed E-state index contributed by atoms with van der Waals surface area (Å²) in [6.07, 6.45) is 20.3. The molecule has 40 heavy (non-hydrogen) atoms. The van der Waals surface area contributed by atoms with Crippen molar-refractivity contribution in [2.75, 3.05) is 18.0 Å². The molecular formula is C33H37N6O+. The van der Waals surface area contributed by atoms with Crippen LogP contribution in [0.25, 0.3) is 5.57 Å². The number of aromatic amines is 1. The highest BCUT2D eigenvalue weighted by atomic mass is 16.1. The van der Waals surface area contributed by atoms with E-state index in [1.807, 2.05) is 36.7 Å². The lowest BCUT2D eigenvalue weighted by Gasteiger charge is -2.34. The van der Waals surface area contributed by atoms with Gasteiger partial charge in [0.15, 0.2) is 5.69 Å². The zero-order chi connectivity index (χ0) is 27.3. The Morgan fingerprint density at radius 1 is 1.15 bits per heavy atom. The Morgan fingerprint density at radius 2 is 2.05 bits per heavy atom. The van der Waals surface area contributed by atoms with E-state index in [0.717, 1.165) is 37.2 Å². The van der Waals surface area contributed by atoms with Gasteiger partial charge in [-0.05, 0) is 79.5 Å². The smallest absolute Gasteiger partial charge is 0.366 e. The molecule has 2 unspecified atom stereocenters. The van der Waals surface area contributed by atoms with Crippen LogP contribution in [0.3, 0.4) is 0 Å². The molecule has 204 valence electrons. The van der Waals surface area contributed by atoms with E-state index in [1.54, 1.807) is 17.6 Å². The molecule has 7 nitrogen and oxygen atoms in total. The van der Waals surface area contributed by atoms with E-state index in [4.69, 9.17) is 4.99 Å². The number of fused-ring (bicyclic) bond motifs is 1. The van der Waals surface area contributed by atoms with Crippen LogP contribution in [0.5, 0.6) is 0 Å². The van der Waals surface area contributed by atoms with E-state index in [9.17, 15) is 4.79 Å². The average Bonchev–Trinajstić information content (AvgIpc) is 3.56. The molecule has 3 N–H and O–H groups in total. The molecule has 7 heteroatoms. The number of nitrogens with one attached hydrogen (secondary N) is 1. The first-order valence-corrected chi connectivity index (χ1v) is 14.5. The molecule has 1 aromatic carbocycles. The molecule has 3 aromatic rings. The van der Waals surface area contributed by atoms with Gasteiger partial charge < -0.3 is 4.90 Å². The molecule has 1 amide bonds. The van der Waals surface area contributed by atoms with Crippen LogP contribution in [0.15, 0.2) is 95.5 Å². The summed E-state index contributed by atoms with van der Waals surface area (Å²) in [5.74, 6) is 1.51. The Labute approximate surface area is 235 Å². The molecule has 0 spiro atoms. The van der Waals surface area contributed by atoms with Gasteiger partial charge in [0.2, 0.25) is 0 Å². The SMILES string of the molecule is CCC1C=NC(CCC2CCN(c3cccc([NH2+]C(=O)c4ccccn4)c3)CC2)=C2C=C(c3cn[nH]c3)C=CC21. The van der Waals surface area contributed by atoms with Crippen LogP contribution >= 0.6 is 0 Å². The van der Waals surface area contributed by atoms with Gasteiger partial charge in [-0.2, -0.15) is 5.10 Å². The molecule has 4 heterocycles. The van der Waals surface area contributed by atoms with Gasteiger partial charge in [0.25, 0.3) is 0 Å². The number of anilines is 1. The lowest BCUT2D eigenvalue weighted by atomic mass is 9.77. The van der Waals surface area contributed by atoms with Gasteiger partial charge in [-0.15, -0.1) is 0 Å². The summed E-state index contributed by atoms with van der Waals surface area (Å²) < 4.78 is 0. The standard InChI is InChI=1S/C33H36N6O/c1-2-24-20-35-31(30-18-25(10-11-29(24)30)26-21-36-37-22-26)12-9-23-13-16-39(17-14-23)28-7-5-6-27(19-28)38-33(40)32-8-3-4-15-34-32/h3-8,10-11,15,18-24,29H,2,9,12-14,16-17H2,1H3,(H,36,37)(H,38,40)/p+1. The predicted molar refractivity (Wildman–Crippen MR) is 159 cm³/mol. The van der Waals surface area contributed by atoms with E-state index in [1.165, 1.54) is 41.8 Å². The molecule has 0 saturated carbocycles. The van der Waals surface area contributed by atoms with Gasteiger partial charge in [0.1, 0.15) is 5.69 Å². The van der Waals surface area contributed by atoms with Gasteiger partial charge in [-0.1, -0.05) is 31.2 Å². The summed E-state index contributed by atoms with van der Waals surface area (Å²) in [5, 5.41) is 8.76. The van der Waals surface area contributed by atoms with Crippen LogP contribution < -0.4 is 10.2 Å². The van der Waals surface area contributed by atoms with Gasteiger partial charge in [0.05, 0.1) is 6.20 Å². The van der Waals surface area contributed by atoms with Crippen molar-refractivity contribution in [3.05, 3.63) is 102 Å². The van der Waals surface area contributed by atoms with Crippen molar-refractivity contribution in [2.45, 2.75) is 39.0 Å². The largest absolute Gasteiger partial charge is 0.371 e. The number of hydrogen-bond donors (Lipinski definition) is 2. The maximum atomic E-state index is 12.6. The third kappa shape index (κ3) is 5.75. The fourth-order valence-electron chi connectivity index (χ4n) is 6.15. The van der Waals surface area contributed by atoms with Gasteiger partial charge >= 0.3 is 5.91 Å². The lowest BCUT2D eigenvalue weighted by molar-refractivity contribution is -0.464. The fraction of sp³-hybridized carbons (Fsp3) is 0.333. The van der Waals surface area contributed by atoms with Crippen molar-refractivity contribution < 1.29 is 10.1 Å². The molecular weight excluding hydrogens is 496 g/mol. The molecule has 0 radical (unpaired) electrons. The Kier molecular flexibility index (Phi) is 7.82. The highest BCUT2D eigenvalue weighted by molar-refractivity contribution is 5.85. The number of primary amides is 1. The molecule has 2 aromatic heterocycles. The molecule has 3 aliphatic rings. The summed E-state index contributed by atoms with van der Waals surface area (Å²) >= 11 is 0. The normalized spacial score (nSPS) is 20.9. The van der Waals surface area contributed by atoms with Crippen LogP contribution in [-0.2, 0) is 0 Å². The minimum atomic E-state index is -0.0649. The van der Waals surface area contributed by atoms with E-state index < -0.39 is 0 Å². The van der Waals surface area contributed by atoms with Crippen molar-refractivity contribution >= 4 is 29.1 Å². The number of nitrogens with zero attached hydrogens (tertiary/aromatic N) is 4. The van der Waals surface area contributed by atoms with Crippen molar-refractivity contribution in [2.24, 2.45) is 22.7 Å². The Bertz CT molecular complexity index is 1450. The number of carbonyl (C=O) groups is 1. The number of piperidine rings is 1. The monoisotopic (exact) mass is 533 g/mol. The zero-order valence-corrected chi connectivity index (χ0v) is 23.0. The average molecular weight is 534 g/mol. The lowest BCUT2D eigenvalue weighted by Crippen LogP contribution is -2.82. The number of hydrogen-bond acceptors (Lipinski definition) is 5. The highest BCUT2D eigenvalue weighted by Gasteiger charge is 2.29. The number of nitrogens with two attached hydrogens (primary N) is 1. The highest BCUT2D eigenvalue weighted by Crippen LogP contribution is 2.39. The van der Waals surface area contributed by atoms with Crippen molar-refractivity contribution in [3.8, 4) is 0 Å². The topological polar surface area (TPSA) is 90.8 Å². The Balaban J connectivity index is 1.07. The number of rotatable bonds is 8. The van der Waals surface area contributed by atoms with Crippen LogP contribution in [0, 0.1) is 17.8 Å². The van der Waals surface area contributed by atoms with E-state index in [0.29, 0.717) is 23.4 Å². The van der Waals surface area contributed by atoms with Crippen LogP contribution in [0.1, 0.15) is 55.1 Å². The number of amides is 1. The number of benzene rings is 1. The van der Waals surface area contributed by atoms with Crippen LogP contribution in [-0.4, -0.2) is 40.4 Å². The quantitative estimate of drug-likeness (QED) is 0.376. The molecule has 1 aliphatic carbocycles. The second-order valence-corrected chi connectivity index (χ2v) is 11.0. The summed E-state index contributed by atoms with van der Waals surface area (Å²) in [7, 11) is 0. The Morgan fingerprint density at radius 3 is 2.83 bits per heavy atom. The third-order valence-electron chi connectivity index (χ3n) is 8.53. The maximum absolute atomic E-state index is 12.6. The van der Waals surface area contributed by atoms with Gasteiger partial charge in [0, 0.05) is 66.5 Å². The molecule has 6 rings (SSSR count). The van der Waals surface area contributed by atoms with Gasteiger partial charge in [-0.3, -0.25) is 10.1 Å². The Hall–Kier alpha value is -4.10. The third-order valence-corrected chi connectivity index (χ3v) is 8.53. The van der Waals surface area contributed by atoms with Crippen LogP contribution in [0.2, 0.25) is 0 Å². The maximum Gasteiger partial charge on any atom is 0.366 e. The summed E-state index contributed by atoms with van der Waals surface area (Å²) in [6, 6.07) is 13.7. The first kappa shape index (κ1) is 26.1. The summed E-state index contributed by atoms with van der Waals surface area (Å²) in [5.41, 5.74) is 7.55. The first-order valence-electron chi connectivity index (χ1n) is 14.5. The number of carbonyl (C=O) groups excluding carboxylic acids is 1. The number of allylic oxidation sites excluding steroid dienone is 6. The van der Waals surface area contributed by atoms with Crippen molar-refractivity contribution in [3.63, 3.8) is 0 Å². The van der Waals surface area contributed by atoms with Gasteiger partial charge in [-0.25, -0.2) is 15.1 Å². The molecule has 1 fully saturated rings. The zero-order valence-electron chi connectivity index (χ0n) is 23.0. The van der Waals surface area contributed by atoms with E-state index >= 15 is 0 Å². The summed E-state index contributed by atoms with van der Waals surface area (Å²) in [4.78, 5) is 24.2. The molecule has 2 aliphatic heterocycles. The molecule has 0 bridgehead atoms. The number of H-pyrrole nitrogens is 1. The second-order valence-electron chi connectivity index (χ2n) is 11.0. The minimum absolute atomic E-state index is 0.0649. The molecule has 1 saturated heterocycles. The van der Waals surface area contributed by atoms with E-state index in [2.05, 4.69) is 63.6 Å². The van der Waals surface area contributed by atoms with Crippen molar-refractivity contribution in [1.82, 2.24) is 15.2 Å². The minimum Gasteiger partial charge on any atom is -0.371 e. The number of aromatic nitrogens is 3. The van der Waals surface area contributed by atoms with Crippen LogP contribution in [0.4, 0.5) is 11.4 Å². The fourth-order valence-corrected chi connectivity index (χ4v) is 6.15. The number of aliphatic imine (C=N–C) groups is 1. The van der Waals surface area contributed by atoms with Crippen molar-refractivity contribution in [1.29, 1.82) is 0 Å². The summed E-state index contributed by atoms with van der Waals surface area (Å²) in [6.45, 7) is 4.32.